The van der Waals surface area contributed by atoms with E-state index in [0.29, 0.717) is 33.5 Å². The van der Waals surface area contributed by atoms with Crippen molar-refractivity contribution in [2.75, 3.05) is 4.90 Å². The van der Waals surface area contributed by atoms with E-state index >= 15 is 0 Å². The van der Waals surface area contributed by atoms with E-state index in [2.05, 4.69) is 266 Å². The van der Waals surface area contributed by atoms with Crippen molar-refractivity contribution in [3.05, 3.63) is 197 Å². The maximum absolute atomic E-state index is 2.79. The Bertz CT molecular complexity index is 4390. The van der Waals surface area contributed by atoms with Crippen LogP contribution in [0.15, 0.2) is 164 Å². The minimum Gasteiger partial charge on any atom is -0.310 e. The van der Waals surface area contributed by atoms with Crippen molar-refractivity contribution in [1.29, 1.82) is 0 Å². The van der Waals surface area contributed by atoms with Crippen LogP contribution in [0.4, 0.5) is 17.1 Å². The summed E-state index contributed by atoms with van der Waals surface area (Å²) in [5.74, 6) is 14.0. The van der Waals surface area contributed by atoms with Gasteiger partial charge in [0.2, 0.25) is 0 Å². The van der Waals surface area contributed by atoms with Crippen LogP contribution >= 0.6 is 0 Å². The minimum atomic E-state index is -0.225. The van der Waals surface area contributed by atoms with E-state index in [1.54, 1.807) is 11.1 Å². The van der Waals surface area contributed by atoms with E-state index in [9.17, 15) is 0 Å². The van der Waals surface area contributed by atoms with Crippen LogP contribution in [0.5, 0.6) is 0 Å². The highest BCUT2D eigenvalue weighted by Gasteiger charge is 2.63. The zero-order valence-corrected chi connectivity index (χ0v) is 68.7. The molecule has 1 nitrogen and oxygen atoms in total. The third kappa shape index (κ3) is 11.9. The Morgan fingerprint density at radius 2 is 0.757 bits per heavy atom. The SMILES string of the molecule is CC(C)CCCC(C)C1CCC2C3CCC4CC(c5ccc(-c6ccc(N(c7ccc(-c8ccc(C9CCC%10(C)C(CCC%11C%10CCC%10(C)C(C(C)CCCC(C)C)CCC%11%10)C9)cc8)cc7)c7cc8c(c9ccccc79)-c7cc9c(cc7C8(C)C)-c7ccccc7C9(C)C)cc6)cc5)CCC4(C)C3CCC12C. The summed E-state index contributed by atoms with van der Waals surface area (Å²) in [4.78, 5) is 2.59. The highest BCUT2D eigenvalue weighted by atomic mass is 15.1. The van der Waals surface area contributed by atoms with Crippen molar-refractivity contribution in [3.63, 3.8) is 0 Å². The van der Waals surface area contributed by atoms with Gasteiger partial charge in [0.05, 0.1) is 5.69 Å². The molecule has 0 heterocycles. The predicted molar refractivity (Wildman–Crippen MR) is 456 cm³/mol. The fourth-order valence-electron chi connectivity index (χ4n) is 29.0. The van der Waals surface area contributed by atoms with E-state index in [-0.39, 0.29) is 10.8 Å². The summed E-state index contributed by atoms with van der Waals surface area (Å²) in [6.45, 7) is 35.9. The van der Waals surface area contributed by atoms with Crippen LogP contribution in [-0.2, 0) is 10.8 Å². The van der Waals surface area contributed by atoms with Crippen molar-refractivity contribution in [2.24, 2.45) is 105 Å². The van der Waals surface area contributed by atoms with Crippen LogP contribution in [-0.4, -0.2) is 0 Å². The summed E-state index contributed by atoms with van der Waals surface area (Å²) < 4.78 is 0. The molecule has 18 atom stereocenters. The first-order valence-corrected chi connectivity index (χ1v) is 44.5. The molecule has 0 radical (unpaired) electrons. The quantitative estimate of drug-likeness (QED) is 0.0878. The monoisotopic (exact) mass is 1420 g/mol. The van der Waals surface area contributed by atoms with Gasteiger partial charge in [-0.15, -0.1) is 0 Å². The van der Waals surface area contributed by atoms with E-state index in [0.717, 1.165) is 82.9 Å². The molecule has 0 bridgehead atoms. The van der Waals surface area contributed by atoms with Crippen LogP contribution in [0.2, 0.25) is 0 Å². The van der Waals surface area contributed by atoms with Gasteiger partial charge in [0.15, 0.2) is 0 Å². The second kappa shape index (κ2) is 27.3. The van der Waals surface area contributed by atoms with Gasteiger partial charge in [-0.2, -0.15) is 0 Å². The molecule has 0 saturated heterocycles. The zero-order chi connectivity index (χ0) is 73.8. The molecule has 18 unspecified atom stereocenters. The summed E-state index contributed by atoms with van der Waals surface area (Å²) in [5, 5.41) is 2.62. The molecule has 18 rings (SSSR count). The first-order chi connectivity index (χ1) is 51.5. The molecular formula is C106H133N. The van der Waals surface area contributed by atoms with Gasteiger partial charge in [0, 0.05) is 27.6 Å². The number of fused-ring (bicyclic) bond motifs is 18. The highest BCUT2D eigenvalue weighted by Crippen LogP contribution is 2.72. The molecule has 0 spiro atoms. The predicted octanol–water partition coefficient (Wildman–Crippen LogP) is 30.7. The molecule has 8 fully saturated rings. The Hall–Kier alpha value is -6.18. The number of hydrogen-bond acceptors (Lipinski definition) is 1. The lowest BCUT2D eigenvalue weighted by Gasteiger charge is -2.61. The fourth-order valence-corrected chi connectivity index (χ4v) is 29.0. The standard InChI is InChI=1S/C106H133N/c1-66(2)21-19-23-68(5)89-49-51-92-85-47-41-78-61-76(53-57-103(78,11)94(85)55-59-105(89,92)13)74-33-29-70(30-34-74)72-37-43-80(44-38-72)107(99-65-98-100(84-27-16-15-26-83(84)99)88-64-96-87(63-97(88)102(98,9)10)82-25-17-18-28-91(82)101(96,7)8)81-45-39-73(40-46-81)71-31-35-75(36-32-71)77-54-58-104(12)79(62-77)42-48-86-93-52-50-90(69(6)24-20-22-67(3)4)106(93,14)60-56-95(86)104/h15-18,25-40,43-46,63-69,76-79,85-86,89-90,92-95H,19-24,41-42,47-62H2,1-14H3. The average Bonchev–Trinajstić information content (AvgIpc) is 1.58. The van der Waals surface area contributed by atoms with Crippen LogP contribution in [0.1, 0.15) is 296 Å². The number of hydrogen-bond donors (Lipinski definition) is 0. The largest absolute Gasteiger partial charge is 0.310 e. The molecule has 107 heavy (non-hydrogen) atoms. The van der Waals surface area contributed by atoms with Crippen LogP contribution < -0.4 is 4.90 Å². The molecule has 10 aliphatic rings. The van der Waals surface area contributed by atoms with Crippen molar-refractivity contribution < 1.29 is 0 Å². The van der Waals surface area contributed by atoms with Crippen molar-refractivity contribution in [2.45, 2.75) is 274 Å². The molecule has 0 aliphatic heterocycles. The third-order valence-electron chi connectivity index (χ3n) is 35.0. The molecule has 10 aliphatic carbocycles. The van der Waals surface area contributed by atoms with Gasteiger partial charge < -0.3 is 4.90 Å². The molecular weight excluding hydrogens is 1290 g/mol. The molecule has 0 aromatic heterocycles. The lowest BCUT2D eigenvalue weighted by Crippen LogP contribution is -2.53. The molecule has 8 aromatic carbocycles. The summed E-state index contributed by atoms with van der Waals surface area (Å²) in [6.07, 6.45) is 34.7. The molecule has 0 N–H and O–H groups in total. The minimum absolute atomic E-state index is 0.0790. The Morgan fingerprint density at radius 1 is 0.346 bits per heavy atom. The molecule has 8 aromatic rings. The lowest BCUT2D eigenvalue weighted by molar-refractivity contribution is -0.117. The average molecular weight is 1420 g/mol. The second-order valence-corrected chi connectivity index (χ2v) is 41.6. The number of anilines is 3. The Labute approximate surface area is 648 Å². The lowest BCUT2D eigenvalue weighted by atomic mass is 9.43. The summed E-state index contributed by atoms with van der Waals surface area (Å²) in [7, 11) is 0. The molecule has 8 saturated carbocycles. The number of benzene rings is 8. The first-order valence-electron chi connectivity index (χ1n) is 44.5. The van der Waals surface area contributed by atoms with Crippen molar-refractivity contribution in [3.8, 4) is 44.5 Å². The van der Waals surface area contributed by atoms with Gasteiger partial charge in [-0.05, 0) is 358 Å². The fraction of sp³-hybridized carbons (Fsp3) is 0.566. The van der Waals surface area contributed by atoms with E-state index < -0.39 is 0 Å². The van der Waals surface area contributed by atoms with E-state index in [1.807, 2.05) is 0 Å². The van der Waals surface area contributed by atoms with Crippen molar-refractivity contribution in [1.82, 2.24) is 0 Å². The smallest absolute Gasteiger partial charge is 0.0543 e. The van der Waals surface area contributed by atoms with Crippen LogP contribution in [0.25, 0.3) is 55.3 Å². The van der Waals surface area contributed by atoms with Gasteiger partial charge in [-0.1, -0.05) is 257 Å². The zero-order valence-electron chi connectivity index (χ0n) is 68.7. The summed E-state index contributed by atoms with van der Waals surface area (Å²) >= 11 is 0. The highest BCUT2D eigenvalue weighted by molar-refractivity contribution is 6.10. The first kappa shape index (κ1) is 72.4. The van der Waals surface area contributed by atoms with Crippen molar-refractivity contribution >= 4 is 27.8 Å². The Morgan fingerprint density at radius 3 is 1.24 bits per heavy atom. The van der Waals surface area contributed by atoms with E-state index in [1.165, 1.54) is 249 Å². The topological polar surface area (TPSA) is 3.24 Å². The van der Waals surface area contributed by atoms with Gasteiger partial charge in [-0.3, -0.25) is 0 Å². The second-order valence-electron chi connectivity index (χ2n) is 41.6. The molecule has 1 heteroatoms. The normalized spacial score (nSPS) is 33.1. The van der Waals surface area contributed by atoms with Gasteiger partial charge in [-0.25, -0.2) is 0 Å². The van der Waals surface area contributed by atoms with Crippen LogP contribution in [0, 0.1) is 105 Å². The molecule has 562 valence electrons. The van der Waals surface area contributed by atoms with Crippen LogP contribution in [0.3, 0.4) is 0 Å². The van der Waals surface area contributed by atoms with Gasteiger partial charge >= 0.3 is 0 Å². The molecule has 0 amide bonds. The van der Waals surface area contributed by atoms with Gasteiger partial charge in [0.1, 0.15) is 0 Å². The maximum atomic E-state index is 2.79. The van der Waals surface area contributed by atoms with Gasteiger partial charge in [0.25, 0.3) is 0 Å². The summed E-state index contributed by atoms with van der Waals surface area (Å²) in [5.41, 5.74) is 25.1. The third-order valence-corrected chi connectivity index (χ3v) is 35.0. The summed E-state index contributed by atoms with van der Waals surface area (Å²) in [6, 6.07) is 65.6. The Kier molecular flexibility index (Phi) is 18.5. The number of nitrogens with zero attached hydrogens (tertiary/aromatic N) is 1. The Balaban J connectivity index is 0.603. The number of rotatable bonds is 17. The maximum Gasteiger partial charge on any atom is 0.0543 e. The van der Waals surface area contributed by atoms with E-state index in [4.69, 9.17) is 0 Å².